The van der Waals surface area contributed by atoms with E-state index < -0.39 is 31.3 Å². The van der Waals surface area contributed by atoms with Crippen molar-refractivity contribution in [3.05, 3.63) is 58.0 Å². The molecule has 0 aliphatic rings. The topological polar surface area (TPSA) is 120 Å². The highest BCUT2D eigenvalue weighted by molar-refractivity contribution is 7.90. The van der Waals surface area contributed by atoms with Gasteiger partial charge >= 0.3 is 0 Å². The molecule has 1 amide bonds. The lowest BCUT2D eigenvalue weighted by Crippen LogP contribution is -2.22. The van der Waals surface area contributed by atoms with Crippen molar-refractivity contribution in [1.29, 1.82) is 0 Å². The number of carbonyl (C=O) groups excluding carboxylic acids is 1. The van der Waals surface area contributed by atoms with Gasteiger partial charge in [0.25, 0.3) is 11.6 Å². The second-order valence-corrected chi connectivity index (χ2v) is 6.46. The molecule has 116 valence electrons. The van der Waals surface area contributed by atoms with E-state index in [9.17, 15) is 23.3 Å². The first-order valence-electron chi connectivity index (χ1n) is 6.08. The minimum Gasteiger partial charge on any atom is -0.467 e. The van der Waals surface area contributed by atoms with E-state index in [1.165, 1.54) is 12.3 Å². The number of nitrogens with zero attached hydrogens (tertiary/aromatic N) is 1. The van der Waals surface area contributed by atoms with Crippen LogP contribution in [0.1, 0.15) is 16.1 Å². The molecular formula is C13H12N2O6S. The molecule has 2 rings (SSSR count). The van der Waals surface area contributed by atoms with Gasteiger partial charge in [-0.1, -0.05) is 0 Å². The molecule has 22 heavy (non-hydrogen) atoms. The quantitative estimate of drug-likeness (QED) is 0.657. The van der Waals surface area contributed by atoms with Gasteiger partial charge in [-0.3, -0.25) is 14.9 Å². The molecule has 0 atom stereocenters. The second kappa shape index (κ2) is 5.98. The van der Waals surface area contributed by atoms with E-state index in [0.717, 1.165) is 18.4 Å². The summed E-state index contributed by atoms with van der Waals surface area (Å²) in [6.07, 6.45) is 2.32. The zero-order valence-electron chi connectivity index (χ0n) is 11.5. The smallest absolute Gasteiger partial charge is 0.288 e. The maximum absolute atomic E-state index is 12.0. The summed E-state index contributed by atoms with van der Waals surface area (Å²) in [4.78, 5) is 21.7. The fourth-order valence-corrected chi connectivity index (χ4v) is 2.63. The number of nitro benzene ring substituents is 1. The van der Waals surface area contributed by atoms with Crippen molar-refractivity contribution in [2.24, 2.45) is 0 Å². The Labute approximate surface area is 125 Å². The first-order valence-corrected chi connectivity index (χ1v) is 7.97. The first kappa shape index (κ1) is 15.7. The van der Waals surface area contributed by atoms with Gasteiger partial charge in [-0.2, -0.15) is 0 Å². The van der Waals surface area contributed by atoms with Crippen LogP contribution in [0.3, 0.4) is 0 Å². The van der Waals surface area contributed by atoms with E-state index in [2.05, 4.69) is 5.32 Å². The Hall–Kier alpha value is -2.68. The van der Waals surface area contributed by atoms with Crippen LogP contribution in [0.5, 0.6) is 0 Å². The average molecular weight is 324 g/mol. The number of furan rings is 1. The normalized spacial score (nSPS) is 11.1. The van der Waals surface area contributed by atoms with Gasteiger partial charge in [0.1, 0.15) is 10.7 Å². The number of carbonyl (C=O) groups is 1. The van der Waals surface area contributed by atoms with E-state index in [0.29, 0.717) is 5.76 Å². The molecule has 0 spiro atoms. The van der Waals surface area contributed by atoms with Crippen LogP contribution in [0.4, 0.5) is 5.69 Å². The Kier molecular flexibility index (Phi) is 4.27. The van der Waals surface area contributed by atoms with Crippen LogP contribution in [0, 0.1) is 10.1 Å². The maximum Gasteiger partial charge on any atom is 0.288 e. The highest BCUT2D eigenvalue weighted by Crippen LogP contribution is 2.24. The number of benzene rings is 1. The van der Waals surface area contributed by atoms with Crippen molar-refractivity contribution >= 4 is 21.4 Å². The number of amides is 1. The van der Waals surface area contributed by atoms with Gasteiger partial charge in [-0.15, -0.1) is 0 Å². The molecule has 0 saturated heterocycles. The molecule has 8 nitrogen and oxygen atoms in total. The third kappa shape index (κ3) is 3.50. The fraction of sp³-hybridized carbons (Fsp3) is 0.154. The van der Waals surface area contributed by atoms with Crippen molar-refractivity contribution < 1.29 is 22.6 Å². The molecule has 0 radical (unpaired) electrons. The molecule has 1 aromatic heterocycles. The lowest BCUT2D eigenvalue weighted by molar-refractivity contribution is -0.387. The number of hydrogen-bond acceptors (Lipinski definition) is 6. The average Bonchev–Trinajstić information content (AvgIpc) is 2.96. The van der Waals surface area contributed by atoms with Gasteiger partial charge < -0.3 is 9.73 Å². The SMILES string of the molecule is CS(=O)(=O)c1ccc(C(=O)NCc2ccco2)cc1[N+](=O)[O-]. The van der Waals surface area contributed by atoms with E-state index >= 15 is 0 Å². The van der Waals surface area contributed by atoms with E-state index in [-0.39, 0.29) is 12.1 Å². The van der Waals surface area contributed by atoms with E-state index in [4.69, 9.17) is 4.42 Å². The Balaban J connectivity index is 2.26. The molecule has 1 aromatic carbocycles. The Morgan fingerprint density at radius 2 is 2.09 bits per heavy atom. The van der Waals surface area contributed by atoms with E-state index in [1.54, 1.807) is 12.1 Å². The monoisotopic (exact) mass is 324 g/mol. The molecule has 2 aromatic rings. The number of rotatable bonds is 5. The van der Waals surface area contributed by atoms with Crippen molar-refractivity contribution in [3.8, 4) is 0 Å². The van der Waals surface area contributed by atoms with Crippen molar-refractivity contribution in [2.45, 2.75) is 11.4 Å². The third-order valence-electron chi connectivity index (χ3n) is 2.82. The standard InChI is InChI=1S/C13H12N2O6S/c1-22(19,20)12-5-4-9(7-11(12)15(17)18)13(16)14-8-10-3-2-6-21-10/h2-7H,8H2,1H3,(H,14,16). The molecule has 1 N–H and O–H groups in total. The molecular weight excluding hydrogens is 312 g/mol. The third-order valence-corrected chi connectivity index (χ3v) is 3.96. The zero-order valence-corrected chi connectivity index (χ0v) is 12.3. The number of hydrogen-bond donors (Lipinski definition) is 1. The molecule has 0 aliphatic heterocycles. The Bertz CT molecular complexity index is 811. The zero-order chi connectivity index (χ0) is 16.3. The highest BCUT2D eigenvalue weighted by Gasteiger charge is 2.23. The summed E-state index contributed by atoms with van der Waals surface area (Å²) in [6.45, 7) is 0.119. The van der Waals surface area contributed by atoms with E-state index in [1.807, 2.05) is 0 Å². The minimum atomic E-state index is -3.76. The Morgan fingerprint density at radius 3 is 2.64 bits per heavy atom. The predicted molar refractivity (Wildman–Crippen MR) is 76.1 cm³/mol. The van der Waals surface area contributed by atoms with Gasteiger partial charge in [0.15, 0.2) is 9.84 Å². The van der Waals surface area contributed by atoms with Gasteiger partial charge in [0, 0.05) is 17.9 Å². The summed E-state index contributed by atoms with van der Waals surface area (Å²) < 4.78 is 28.0. The van der Waals surface area contributed by atoms with Gasteiger partial charge in [0.2, 0.25) is 0 Å². The van der Waals surface area contributed by atoms with Crippen LogP contribution in [0.25, 0.3) is 0 Å². The molecule has 0 bridgehead atoms. The van der Waals surface area contributed by atoms with Crippen LogP contribution < -0.4 is 5.32 Å². The first-order chi connectivity index (χ1) is 10.3. The second-order valence-electron chi connectivity index (χ2n) is 4.47. The Morgan fingerprint density at radius 1 is 1.36 bits per heavy atom. The maximum atomic E-state index is 12.0. The molecule has 0 unspecified atom stereocenters. The van der Waals surface area contributed by atoms with Crippen molar-refractivity contribution in [3.63, 3.8) is 0 Å². The molecule has 0 saturated carbocycles. The lowest BCUT2D eigenvalue weighted by atomic mass is 10.2. The van der Waals surface area contributed by atoms with Crippen molar-refractivity contribution in [1.82, 2.24) is 5.32 Å². The van der Waals surface area contributed by atoms with Crippen LogP contribution in [-0.4, -0.2) is 25.5 Å². The minimum absolute atomic E-state index is 0.00865. The van der Waals surface area contributed by atoms with Crippen LogP contribution >= 0.6 is 0 Å². The molecule has 0 fully saturated rings. The lowest BCUT2D eigenvalue weighted by Gasteiger charge is -2.05. The largest absolute Gasteiger partial charge is 0.467 e. The summed E-state index contributed by atoms with van der Waals surface area (Å²) in [6, 6.07) is 6.53. The molecule has 1 heterocycles. The fourth-order valence-electron chi connectivity index (χ4n) is 1.80. The number of nitrogens with one attached hydrogen (secondary N) is 1. The molecule has 0 aliphatic carbocycles. The number of sulfone groups is 1. The summed E-state index contributed by atoms with van der Waals surface area (Å²) in [5.74, 6) is -0.0462. The summed E-state index contributed by atoms with van der Waals surface area (Å²) in [7, 11) is -3.76. The van der Waals surface area contributed by atoms with Gasteiger partial charge in [-0.05, 0) is 24.3 Å². The summed E-state index contributed by atoms with van der Waals surface area (Å²) >= 11 is 0. The van der Waals surface area contributed by atoms with Gasteiger partial charge in [0.05, 0.1) is 17.7 Å². The highest BCUT2D eigenvalue weighted by atomic mass is 32.2. The van der Waals surface area contributed by atoms with Gasteiger partial charge in [-0.25, -0.2) is 8.42 Å². The molecule has 9 heteroatoms. The van der Waals surface area contributed by atoms with Crippen LogP contribution in [0.15, 0.2) is 45.9 Å². The van der Waals surface area contributed by atoms with Crippen molar-refractivity contribution in [2.75, 3.05) is 6.26 Å². The predicted octanol–water partition coefficient (Wildman–Crippen LogP) is 1.52. The summed E-state index contributed by atoms with van der Waals surface area (Å²) in [5, 5.41) is 13.5. The number of nitro groups is 1. The van der Waals surface area contributed by atoms with Crippen LogP contribution in [0.2, 0.25) is 0 Å². The van der Waals surface area contributed by atoms with Crippen LogP contribution in [-0.2, 0) is 16.4 Å². The summed E-state index contributed by atoms with van der Waals surface area (Å²) in [5.41, 5.74) is -0.640.